The maximum Gasteiger partial charge on any atom is 0.419 e. The molecule has 0 aromatic heterocycles. The number of nitriles is 4. The van der Waals surface area contributed by atoms with E-state index in [2.05, 4.69) is 0 Å². The second-order valence-corrected chi connectivity index (χ2v) is 7.71. The standard InChI is InChI=1S/C26H6F10N4/c27-17-5-11(1-3-15(17)25(31,32)33)19-21(13(7-37)8-38)24(30)20(22(23(19)29)14(9-39)10-40)12-2-4-16(18(28)6-12)26(34,35)36/h1-6H. The number of halogens is 10. The molecule has 0 aliphatic rings. The fraction of sp³-hybridized carbons (Fsp3) is 0.0769. The lowest BCUT2D eigenvalue weighted by atomic mass is 9.90. The Labute approximate surface area is 216 Å². The molecule has 0 saturated heterocycles. The molecule has 4 nitrogen and oxygen atoms in total. The predicted octanol–water partition coefficient (Wildman–Crippen LogP) is 6.01. The van der Waals surface area contributed by atoms with Crippen molar-refractivity contribution in [1.29, 1.82) is 21.0 Å². The van der Waals surface area contributed by atoms with E-state index in [0.29, 0.717) is 12.1 Å². The van der Waals surface area contributed by atoms with E-state index in [9.17, 15) is 56.2 Å². The van der Waals surface area contributed by atoms with Crippen LogP contribution in [0.4, 0.5) is 43.9 Å². The van der Waals surface area contributed by atoms with Crippen molar-refractivity contribution < 1.29 is 43.9 Å². The third-order valence-corrected chi connectivity index (χ3v) is 5.45. The second kappa shape index (κ2) is 10.4. The summed E-state index contributed by atoms with van der Waals surface area (Å²) in [6.45, 7) is 0. The first-order valence-corrected chi connectivity index (χ1v) is 10.3. The number of nitrogens with zero attached hydrogens (tertiary/aromatic N) is 4. The Kier molecular flexibility index (Phi) is 7.62. The van der Waals surface area contributed by atoms with Gasteiger partial charge in [0.2, 0.25) is 0 Å². The first-order chi connectivity index (χ1) is 18.6. The molecular weight excluding hydrogens is 558 g/mol. The zero-order chi connectivity index (χ0) is 30.2. The summed E-state index contributed by atoms with van der Waals surface area (Å²) < 4.78 is 139. The van der Waals surface area contributed by atoms with Gasteiger partial charge in [-0.15, -0.1) is 0 Å². The molecule has 0 unspecified atom stereocenters. The van der Waals surface area contributed by atoms with Crippen molar-refractivity contribution in [3.8, 4) is 46.5 Å². The van der Waals surface area contributed by atoms with Crippen LogP contribution in [0.3, 0.4) is 0 Å². The van der Waals surface area contributed by atoms with Crippen LogP contribution in [0.25, 0.3) is 33.4 Å². The largest absolute Gasteiger partial charge is 0.419 e. The summed E-state index contributed by atoms with van der Waals surface area (Å²) in [5, 5.41) is 34.8. The van der Waals surface area contributed by atoms with Gasteiger partial charge >= 0.3 is 12.4 Å². The van der Waals surface area contributed by atoms with Crippen LogP contribution in [-0.4, -0.2) is 0 Å². The van der Waals surface area contributed by atoms with Crippen molar-refractivity contribution >= 4 is 11.1 Å². The molecule has 0 N–H and O–H groups in total. The number of hydrogen-bond donors (Lipinski definition) is 0. The zero-order valence-electron chi connectivity index (χ0n) is 19.0. The molecule has 3 rings (SSSR count). The Balaban J connectivity index is 2.69. The van der Waals surface area contributed by atoms with E-state index in [1.165, 1.54) is 24.3 Å². The fourth-order valence-corrected chi connectivity index (χ4v) is 3.78. The molecule has 0 fully saturated rings. The van der Waals surface area contributed by atoms with Gasteiger partial charge in [0.05, 0.1) is 21.6 Å². The van der Waals surface area contributed by atoms with Crippen molar-refractivity contribution in [2.24, 2.45) is 0 Å². The summed E-state index contributed by atoms with van der Waals surface area (Å²) in [6.07, 6.45) is -10.4. The Morgan fingerprint density at radius 3 is 1.05 bits per heavy atom. The van der Waals surface area contributed by atoms with Gasteiger partial charge in [0.25, 0.3) is 0 Å². The van der Waals surface area contributed by atoms with E-state index >= 15 is 8.78 Å². The fourth-order valence-electron chi connectivity index (χ4n) is 3.78. The molecule has 0 saturated carbocycles. The molecule has 0 amide bonds. The maximum absolute atomic E-state index is 16.1. The van der Waals surface area contributed by atoms with Gasteiger partial charge in [-0.1, -0.05) is 12.1 Å². The quantitative estimate of drug-likeness (QED) is 0.357. The molecule has 0 spiro atoms. The van der Waals surface area contributed by atoms with Crippen LogP contribution < -0.4 is 10.4 Å². The molecule has 200 valence electrons. The van der Waals surface area contributed by atoms with Gasteiger partial charge in [0.15, 0.2) is 0 Å². The molecule has 0 aliphatic carbocycles. The van der Waals surface area contributed by atoms with Crippen LogP contribution in [0.5, 0.6) is 0 Å². The van der Waals surface area contributed by atoms with E-state index in [4.69, 9.17) is 0 Å². The first kappa shape index (κ1) is 29.2. The number of rotatable bonds is 2. The average Bonchev–Trinajstić information content (AvgIpc) is 2.86. The van der Waals surface area contributed by atoms with Crippen LogP contribution in [-0.2, 0) is 12.4 Å². The molecule has 40 heavy (non-hydrogen) atoms. The summed E-state index contributed by atoms with van der Waals surface area (Å²) >= 11 is 0. The van der Waals surface area contributed by atoms with Gasteiger partial charge in [-0.05, 0) is 35.4 Å². The van der Waals surface area contributed by atoms with Gasteiger partial charge < -0.3 is 0 Å². The average molecular weight is 564 g/mol. The lowest BCUT2D eigenvalue weighted by Crippen LogP contribution is -2.28. The van der Waals surface area contributed by atoms with Crippen LogP contribution in [0, 0.1) is 68.6 Å². The normalized spacial score (nSPS) is 11.2. The van der Waals surface area contributed by atoms with Crippen LogP contribution in [0.15, 0.2) is 36.4 Å². The van der Waals surface area contributed by atoms with Crippen molar-refractivity contribution in [3.05, 3.63) is 81.2 Å². The van der Waals surface area contributed by atoms with Crippen LogP contribution in [0.2, 0.25) is 0 Å². The van der Waals surface area contributed by atoms with E-state index in [1.54, 1.807) is 0 Å². The van der Waals surface area contributed by atoms with Crippen molar-refractivity contribution in [1.82, 2.24) is 0 Å². The van der Waals surface area contributed by atoms with Gasteiger partial charge in [0, 0.05) is 11.1 Å². The summed E-state index contributed by atoms with van der Waals surface area (Å²) in [7, 11) is 0. The third kappa shape index (κ3) is 5.03. The van der Waals surface area contributed by atoms with Crippen molar-refractivity contribution in [2.75, 3.05) is 0 Å². The maximum atomic E-state index is 16.1. The van der Waals surface area contributed by atoms with E-state index in [0.717, 1.165) is 0 Å². The van der Waals surface area contributed by atoms with Gasteiger partial charge in [-0.2, -0.15) is 47.4 Å². The Morgan fingerprint density at radius 2 is 0.825 bits per heavy atom. The van der Waals surface area contributed by atoms with E-state index in [1.807, 2.05) is 0 Å². The monoisotopic (exact) mass is 564 g/mol. The Bertz CT molecular complexity index is 1690. The SMILES string of the molecule is N#CC(C#N)=c1c(F)c(-c2ccc(C(F)(F)F)c(F)c2)c(=C(C#N)C#N)c(F)c1-c1ccc(C(F)(F)F)c(F)c1. The summed E-state index contributed by atoms with van der Waals surface area (Å²) in [6, 6.07) is 6.22. The van der Waals surface area contributed by atoms with Gasteiger partial charge in [-0.25, -0.2) is 17.6 Å². The topological polar surface area (TPSA) is 95.2 Å². The number of benzene rings is 3. The predicted molar refractivity (Wildman–Crippen MR) is 116 cm³/mol. The highest BCUT2D eigenvalue weighted by atomic mass is 19.4. The molecule has 0 radical (unpaired) electrons. The molecule has 3 aromatic rings. The highest BCUT2D eigenvalue weighted by Gasteiger charge is 2.36. The second-order valence-electron chi connectivity index (χ2n) is 7.71. The molecule has 0 aliphatic heterocycles. The van der Waals surface area contributed by atoms with Crippen LogP contribution in [0.1, 0.15) is 11.1 Å². The Hall–Kier alpha value is -5.34. The van der Waals surface area contributed by atoms with E-state index in [-0.39, 0.29) is 24.3 Å². The molecule has 0 bridgehead atoms. The molecular formula is C26H6F10N4. The smallest absolute Gasteiger partial charge is 0.206 e. The molecule has 14 heteroatoms. The summed E-state index contributed by atoms with van der Waals surface area (Å²) in [4.78, 5) is 0. The zero-order valence-corrected chi connectivity index (χ0v) is 19.0. The van der Waals surface area contributed by atoms with Crippen molar-refractivity contribution in [3.63, 3.8) is 0 Å². The Morgan fingerprint density at radius 1 is 0.525 bits per heavy atom. The van der Waals surface area contributed by atoms with E-state index < -0.39 is 90.6 Å². The van der Waals surface area contributed by atoms with Gasteiger partial charge in [0.1, 0.15) is 58.7 Å². The number of hydrogen-bond acceptors (Lipinski definition) is 4. The summed E-state index contributed by atoms with van der Waals surface area (Å²) in [5.41, 5.74) is -10.3. The highest BCUT2D eigenvalue weighted by molar-refractivity contribution is 5.86. The summed E-state index contributed by atoms with van der Waals surface area (Å²) in [5.74, 6) is -7.64. The lowest BCUT2D eigenvalue weighted by molar-refractivity contribution is -0.140. The third-order valence-electron chi connectivity index (χ3n) is 5.45. The molecule has 0 heterocycles. The van der Waals surface area contributed by atoms with Gasteiger partial charge in [-0.3, -0.25) is 0 Å². The highest BCUT2D eigenvalue weighted by Crippen LogP contribution is 2.36. The molecule has 0 atom stereocenters. The first-order valence-electron chi connectivity index (χ1n) is 10.3. The minimum Gasteiger partial charge on any atom is -0.206 e. The molecule has 3 aromatic carbocycles. The lowest BCUT2D eigenvalue weighted by Gasteiger charge is -2.15. The van der Waals surface area contributed by atoms with Crippen molar-refractivity contribution in [2.45, 2.75) is 12.4 Å². The minimum atomic E-state index is -5.21. The van der Waals surface area contributed by atoms with Crippen LogP contribution >= 0.6 is 0 Å². The minimum absolute atomic E-state index is 0.0935. The number of alkyl halides is 6.